The zero-order chi connectivity index (χ0) is 15.9. The molecule has 0 saturated heterocycles. The third-order valence-corrected chi connectivity index (χ3v) is 4.17. The van der Waals surface area contributed by atoms with E-state index in [1.807, 2.05) is 24.3 Å². The Labute approximate surface area is 139 Å². The van der Waals surface area contributed by atoms with E-state index in [-0.39, 0.29) is 11.9 Å². The molecular formula is C17H20BrNO3. The fraction of sp³-hybridized carbons (Fsp3) is 0.412. The van der Waals surface area contributed by atoms with Crippen LogP contribution >= 0.6 is 15.9 Å². The molecule has 0 heterocycles. The smallest absolute Gasteiger partial charge is 0.331 e. The maximum Gasteiger partial charge on any atom is 0.331 e. The molecule has 0 unspecified atom stereocenters. The number of hydrogen-bond donors (Lipinski definition) is 1. The summed E-state index contributed by atoms with van der Waals surface area (Å²) in [6.07, 6.45) is 6.54. The van der Waals surface area contributed by atoms with Gasteiger partial charge in [-0.1, -0.05) is 40.9 Å². The van der Waals surface area contributed by atoms with Gasteiger partial charge in [-0.3, -0.25) is 4.79 Å². The highest BCUT2D eigenvalue weighted by atomic mass is 79.9. The van der Waals surface area contributed by atoms with Crippen LogP contribution in [0.2, 0.25) is 0 Å². The normalized spacial score (nSPS) is 16.6. The maximum absolute atomic E-state index is 11.9. The fourth-order valence-corrected chi connectivity index (χ4v) is 2.66. The number of benzene rings is 1. The molecule has 0 radical (unpaired) electrons. The van der Waals surface area contributed by atoms with Crippen LogP contribution in [0.15, 0.2) is 34.8 Å². The molecule has 4 nitrogen and oxygen atoms in total. The van der Waals surface area contributed by atoms with Crippen LogP contribution in [0.25, 0.3) is 6.08 Å². The Hall–Kier alpha value is -1.62. The Morgan fingerprint density at radius 3 is 2.55 bits per heavy atom. The summed E-state index contributed by atoms with van der Waals surface area (Å²) in [5.74, 6) is -0.741. The number of carbonyl (C=O) groups is 2. The Morgan fingerprint density at radius 2 is 1.91 bits per heavy atom. The first kappa shape index (κ1) is 16.7. The predicted octanol–water partition coefficient (Wildman–Crippen LogP) is 3.45. The molecule has 0 spiro atoms. The lowest BCUT2D eigenvalue weighted by Gasteiger charge is -2.16. The van der Waals surface area contributed by atoms with Crippen molar-refractivity contribution in [3.63, 3.8) is 0 Å². The van der Waals surface area contributed by atoms with Gasteiger partial charge in [0.25, 0.3) is 5.91 Å². The summed E-state index contributed by atoms with van der Waals surface area (Å²) in [5, 5.41) is 2.92. The topological polar surface area (TPSA) is 55.4 Å². The largest absolute Gasteiger partial charge is 0.449 e. The van der Waals surface area contributed by atoms with Gasteiger partial charge in [0, 0.05) is 16.6 Å². The molecule has 1 amide bonds. The van der Waals surface area contributed by atoms with Gasteiger partial charge in [-0.2, -0.15) is 0 Å². The van der Waals surface area contributed by atoms with Crippen LogP contribution in [0.5, 0.6) is 0 Å². The van der Waals surface area contributed by atoms with Crippen LogP contribution in [0.4, 0.5) is 0 Å². The molecule has 0 aliphatic heterocycles. The fourth-order valence-electron chi connectivity index (χ4n) is 2.39. The van der Waals surface area contributed by atoms with E-state index in [1.165, 1.54) is 6.08 Å². The first-order valence-corrected chi connectivity index (χ1v) is 8.28. The van der Waals surface area contributed by atoms with Crippen LogP contribution in [-0.4, -0.2) is 24.0 Å². The third-order valence-electron chi connectivity index (χ3n) is 3.65. The van der Waals surface area contributed by atoms with Crippen molar-refractivity contribution in [2.75, 3.05) is 0 Å². The molecule has 5 heteroatoms. The highest BCUT2D eigenvalue weighted by Gasteiger charge is 2.22. The first-order valence-electron chi connectivity index (χ1n) is 7.49. The van der Waals surface area contributed by atoms with E-state index in [2.05, 4.69) is 21.2 Å². The van der Waals surface area contributed by atoms with Gasteiger partial charge in [0.1, 0.15) is 0 Å². The molecule has 0 bridgehead atoms. The summed E-state index contributed by atoms with van der Waals surface area (Å²) in [6.45, 7) is 1.59. The molecule has 1 atom stereocenters. The Morgan fingerprint density at radius 1 is 1.27 bits per heavy atom. The number of hydrogen-bond acceptors (Lipinski definition) is 3. The molecule has 1 aliphatic carbocycles. The number of esters is 1. The number of rotatable bonds is 5. The van der Waals surface area contributed by atoms with E-state index >= 15 is 0 Å². The van der Waals surface area contributed by atoms with Crippen molar-refractivity contribution in [3.05, 3.63) is 40.4 Å². The lowest BCUT2D eigenvalue weighted by atomic mass is 10.2. The molecule has 1 fully saturated rings. The molecule has 22 heavy (non-hydrogen) atoms. The van der Waals surface area contributed by atoms with Crippen molar-refractivity contribution < 1.29 is 14.3 Å². The van der Waals surface area contributed by atoms with Crippen molar-refractivity contribution in [2.24, 2.45) is 0 Å². The van der Waals surface area contributed by atoms with Gasteiger partial charge < -0.3 is 10.1 Å². The molecule has 1 aliphatic rings. The van der Waals surface area contributed by atoms with E-state index in [4.69, 9.17) is 4.74 Å². The number of amides is 1. The van der Waals surface area contributed by atoms with E-state index in [0.717, 1.165) is 35.7 Å². The molecule has 1 saturated carbocycles. The molecule has 1 aromatic rings. The van der Waals surface area contributed by atoms with E-state index in [0.29, 0.717) is 0 Å². The van der Waals surface area contributed by atoms with Crippen LogP contribution < -0.4 is 5.32 Å². The monoisotopic (exact) mass is 365 g/mol. The Balaban J connectivity index is 1.79. The van der Waals surface area contributed by atoms with Crippen LogP contribution in [0.3, 0.4) is 0 Å². The SMILES string of the molecule is C[C@H](OC(=O)/C=C/c1ccc(Br)cc1)C(=O)NC1CCCC1. The predicted molar refractivity (Wildman–Crippen MR) is 89.1 cm³/mol. The van der Waals surface area contributed by atoms with Gasteiger partial charge in [-0.25, -0.2) is 4.79 Å². The summed E-state index contributed by atoms with van der Waals surface area (Å²) in [5.41, 5.74) is 0.892. The molecule has 1 aromatic carbocycles. The van der Waals surface area contributed by atoms with Gasteiger partial charge in [-0.15, -0.1) is 0 Å². The van der Waals surface area contributed by atoms with E-state index in [9.17, 15) is 9.59 Å². The molecule has 0 aromatic heterocycles. The van der Waals surface area contributed by atoms with Gasteiger partial charge in [0.05, 0.1) is 0 Å². The average molecular weight is 366 g/mol. The first-order chi connectivity index (χ1) is 10.5. The zero-order valence-corrected chi connectivity index (χ0v) is 14.1. The number of nitrogens with one attached hydrogen (secondary N) is 1. The average Bonchev–Trinajstić information content (AvgIpc) is 2.99. The van der Waals surface area contributed by atoms with Crippen molar-refractivity contribution in [3.8, 4) is 0 Å². The number of ether oxygens (including phenoxy) is 1. The highest BCUT2D eigenvalue weighted by molar-refractivity contribution is 9.10. The standard InChI is InChI=1S/C17H20BrNO3/c1-12(17(21)19-15-4-2-3-5-15)22-16(20)11-8-13-6-9-14(18)10-7-13/h6-12,15H,2-5H2,1H3,(H,19,21)/b11-8+/t12-/m0/s1. The summed E-state index contributed by atoms with van der Waals surface area (Å²) in [7, 11) is 0. The second-order valence-corrected chi connectivity index (χ2v) is 6.37. The number of carbonyl (C=O) groups excluding carboxylic acids is 2. The number of halogens is 1. The minimum absolute atomic E-state index is 0.225. The van der Waals surface area contributed by atoms with Crippen LogP contribution in [0, 0.1) is 0 Å². The Kier molecular flexibility index (Phi) is 6.19. The molecule has 2 rings (SSSR count). The molecule has 118 valence electrons. The highest BCUT2D eigenvalue weighted by Crippen LogP contribution is 2.17. The van der Waals surface area contributed by atoms with Gasteiger partial charge in [0.2, 0.25) is 0 Å². The van der Waals surface area contributed by atoms with E-state index in [1.54, 1.807) is 13.0 Å². The molecular weight excluding hydrogens is 346 g/mol. The minimum Gasteiger partial charge on any atom is -0.449 e. The summed E-state index contributed by atoms with van der Waals surface area (Å²) in [6, 6.07) is 7.77. The van der Waals surface area contributed by atoms with Crippen LogP contribution in [-0.2, 0) is 14.3 Å². The van der Waals surface area contributed by atoms with Crippen LogP contribution in [0.1, 0.15) is 38.2 Å². The quantitative estimate of drug-likeness (QED) is 0.642. The van der Waals surface area contributed by atoms with Gasteiger partial charge >= 0.3 is 5.97 Å². The zero-order valence-electron chi connectivity index (χ0n) is 12.5. The third kappa shape index (κ3) is 5.30. The minimum atomic E-state index is -0.775. The van der Waals surface area contributed by atoms with Gasteiger partial charge in [0.15, 0.2) is 6.10 Å². The lowest BCUT2D eigenvalue weighted by Crippen LogP contribution is -2.40. The second kappa shape index (κ2) is 8.13. The summed E-state index contributed by atoms with van der Waals surface area (Å²) < 4.78 is 6.10. The van der Waals surface area contributed by atoms with Crippen molar-refractivity contribution >= 4 is 33.9 Å². The van der Waals surface area contributed by atoms with Crippen molar-refractivity contribution in [1.29, 1.82) is 0 Å². The van der Waals surface area contributed by atoms with Gasteiger partial charge in [-0.05, 0) is 43.5 Å². The van der Waals surface area contributed by atoms with Crippen molar-refractivity contribution in [2.45, 2.75) is 44.8 Å². The maximum atomic E-state index is 11.9. The van der Waals surface area contributed by atoms with E-state index < -0.39 is 12.1 Å². The Bertz CT molecular complexity index is 548. The lowest BCUT2D eigenvalue weighted by molar-refractivity contribution is -0.150. The molecule has 1 N–H and O–H groups in total. The summed E-state index contributed by atoms with van der Waals surface area (Å²) in [4.78, 5) is 23.7. The second-order valence-electron chi connectivity index (χ2n) is 5.45. The summed E-state index contributed by atoms with van der Waals surface area (Å²) >= 11 is 3.35. The van der Waals surface area contributed by atoms with Crippen molar-refractivity contribution in [1.82, 2.24) is 5.32 Å².